The topological polar surface area (TPSA) is 42.7 Å². The Balaban J connectivity index is 1.93. The lowest BCUT2D eigenvalue weighted by molar-refractivity contribution is 0.548. The van der Waals surface area contributed by atoms with E-state index in [4.69, 9.17) is 0 Å². The quantitative estimate of drug-likeness (QED) is 0.784. The molecule has 1 atom stereocenters. The molecule has 0 spiro atoms. The standard InChI is InChI=1S/C15H18N4S/c1-3-16-14(8-11-9-19(2)18-17-11)13-10-20-15-7-5-4-6-12(13)15/h4-7,9-10,14,16H,3,8H2,1-2H3. The molecule has 0 bridgehead atoms. The van der Waals surface area contributed by atoms with Crippen LogP contribution in [0.2, 0.25) is 0 Å². The monoisotopic (exact) mass is 286 g/mol. The maximum Gasteiger partial charge on any atom is 0.0845 e. The molecule has 104 valence electrons. The molecule has 20 heavy (non-hydrogen) atoms. The van der Waals surface area contributed by atoms with Crippen LogP contribution in [0.15, 0.2) is 35.8 Å². The molecular formula is C15H18N4S. The Bertz CT molecular complexity index is 701. The van der Waals surface area contributed by atoms with Gasteiger partial charge < -0.3 is 5.32 Å². The third-order valence-corrected chi connectivity index (χ3v) is 4.38. The smallest absolute Gasteiger partial charge is 0.0845 e. The van der Waals surface area contributed by atoms with Crippen molar-refractivity contribution in [3.05, 3.63) is 47.1 Å². The van der Waals surface area contributed by atoms with Crippen LogP contribution in [0, 0.1) is 0 Å². The molecule has 1 unspecified atom stereocenters. The maximum atomic E-state index is 4.20. The number of thiophene rings is 1. The van der Waals surface area contributed by atoms with E-state index < -0.39 is 0 Å². The highest BCUT2D eigenvalue weighted by molar-refractivity contribution is 7.17. The average Bonchev–Trinajstić information content (AvgIpc) is 3.04. The van der Waals surface area contributed by atoms with Crippen LogP contribution in [0.25, 0.3) is 10.1 Å². The highest BCUT2D eigenvalue weighted by Gasteiger charge is 2.17. The van der Waals surface area contributed by atoms with Crippen molar-refractivity contribution in [2.75, 3.05) is 6.54 Å². The molecule has 0 amide bonds. The second-order valence-electron chi connectivity index (χ2n) is 4.89. The van der Waals surface area contributed by atoms with E-state index >= 15 is 0 Å². The van der Waals surface area contributed by atoms with Gasteiger partial charge in [0.25, 0.3) is 0 Å². The van der Waals surface area contributed by atoms with E-state index in [1.54, 1.807) is 16.0 Å². The maximum absolute atomic E-state index is 4.20. The Labute approximate surface area is 122 Å². The molecule has 3 rings (SSSR count). The zero-order valence-electron chi connectivity index (χ0n) is 11.7. The first-order valence-electron chi connectivity index (χ1n) is 6.82. The zero-order chi connectivity index (χ0) is 13.9. The minimum atomic E-state index is 0.285. The van der Waals surface area contributed by atoms with E-state index in [1.165, 1.54) is 15.6 Å². The van der Waals surface area contributed by atoms with Gasteiger partial charge in [-0.05, 0) is 28.9 Å². The van der Waals surface area contributed by atoms with Gasteiger partial charge in [-0.25, -0.2) is 0 Å². The molecule has 4 nitrogen and oxygen atoms in total. The Morgan fingerprint density at radius 3 is 2.95 bits per heavy atom. The highest BCUT2D eigenvalue weighted by Crippen LogP contribution is 2.31. The number of fused-ring (bicyclic) bond motifs is 1. The third-order valence-electron chi connectivity index (χ3n) is 3.40. The summed E-state index contributed by atoms with van der Waals surface area (Å²) >= 11 is 1.80. The Kier molecular flexibility index (Phi) is 3.80. The first-order valence-corrected chi connectivity index (χ1v) is 7.70. The molecule has 2 heterocycles. The molecular weight excluding hydrogens is 268 g/mol. The van der Waals surface area contributed by atoms with Crippen LogP contribution >= 0.6 is 11.3 Å². The first-order chi connectivity index (χ1) is 9.78. The molecule has 1 aromatic carbocycles. The van der Waals surface area contributed by atoms with E-state index in [0.717, 1.165) is 18.7 Å². The number of hydrogen-bond donors (Lipinski definition) is 1. The molecule has 0 aliphatic rings. The summed E-state index contributed by atoms with van der Waals surface area (Å²) in [4.78, 5) is 0. The normalized spacial score (nSPS) is 12.9. The molecule has 5 heteroatoms. The summed E-state index contributed by atoms with van der Waals surface area (Å²) in [6.07, 6.45) is 2.85. The minimum absolute atomic E-state index is 0.285. The lowest BCUT2D eigenvalue weighted by Crippen LogP contribution is -2.22. The molecule has 0 aliphatic heterocycles. The van der Waals surface area contributed by atoms with Crippen molar-refractivity contribution in [1.29, 1.82) is 0 Å². The van der Waals surface area contributed by atoms with Crippen molar-refractivity contribution in [3.63, 3.8) is 0 Å². The summed E-state index contributed by atoms with van der Waals surface area (Å²) in [5.41, 5.74) is 2.38. The largest absolute Gasteiger partial charge is 0.310 e. The lowest BCUT2D eigenvalue weighted by Gasteiger charge is -2.16. The van der Waals surface area contributed by atoms with Crippen LogP contribution in [0.1, 0.15) is 24.2 Å². The summed E-state index contributed by atoms with van der Waals surface area (Å²) < 4.78 is 3.09. The van der Waals surface area contributed by atoms with E-state index in [2.05, 4.69) is 52.2 Å². The summed E-state index contributed by atoms with van der Waals surface area (Å²) in [5, 5.41) is 15.4. The van der Waals surface area contributed by atoms with Crippen molar-refractivity contribution in [3.8, 4) is 0 Å². The predicted molar refractivity (Wildman–Crippen MR) is 82.9 cm³/mol. The molecule has 0 saturated carbocycles. The number of rotatable bonds is 5. The van der Waals surface area contributed by atoms with Gasteiger partial charge in [-0.3, -0.25) is 4.68 Å². The SMILES string of the molecule is CCNC(Cc1cn(C)nn1)c1csc2ccccc12. The number of likely N-dealkylation sites (N-methyl/N-ethyl adjacent to an activating group) is 1. The fourth-order valence-electron chi connectivity index (χ4n) is 2.50. The molecule has 0 radical (unpaired) electrons. The van der Waals surface area contributed by atoms with Crippen LogP contribution in [0.4, 0.5) is 0 Å². The number of aromatic nitrogens is 3. The molecule has 0 saturated heterocycles. The van der Waals surface area contributed by atoms with Gasteiger partial charge in [0, 0.05) is 30.4 Å². The Morgan fingerprint density at radius 1 is 1.35 bits per heavy atom. The van der Waals surface area contributed by atoms with E-state index in [0.29, 0.717) is 0 Å². The molecule has 3 aromatic rings. The highest BCUT2D eigenvalue weighted by atomic mass is 32.1. The van der Waals surface area contributed by atoms with Gasteiger partial charge in [-0.15, -0.1) is 16.4 Å². The molecule has 1 N–H and O–H groups in total. The van der Waals surface area contributed by atoms with Gasteiger partial charge in [-0.2, -0.15) is 0 Å². The van der Waals surface area contributed by atoms with Gasteiger partial charge in [0.1, 0.15) is 0 Å². The Hall–Kier alpha value is -1.72. The summed E-state index contributed by atoms with van der Waals surface area (Å²) in [6, 6.07) is 8.85. The van der Waals surface area contributed by atoms with Crippen molar-refractivity contribution in [1.82, 2.24) is 20.3 Å². The third kappa shape index (κ3) is 2.59. The predicted octanol–water partition coefficient (Wildman–Crippen LogP) is 2.92. The van der Waals surface area contributed by atoms with Crippen molar-refractivity contribution in [2.24, 2.45) is 7.05 Å². The van der Waals surface area contributed by atoms with Gasteiger partial charge in [0.2, 0.25) is 0 Å². The summed E-state index contributed by atoms with van der Waals surface area (Å²) in [6.45, 7) is 3.08. The summed E-state index contributed by atoms with van der Waals surface area (Å²) in [7, 11) is 1.90. The molecule has 0 fully saturated rings. The average molecular weight is 286 g/mol. The Morgan fingerprint density at radius 2 is 2.20 bits per heavy atom. The van der Waals surface area contributed by atoms with Crippen molar-refractivity contribution < 1.29 is 0 Å². The first kappa shape index (κ1) is 13.3. The number of hydrogen-bond acceptors (Lipinski definition) is 4. The van der Waals surface area contributed by atoms with Gasteiger partial charge in [-0.1, -0.05) is 30.3 Å². The van der Waals surface area contributed by atoms with Gasteiger partial charge in [0.05, 0.1) is 5.69 Å². The zero-order valence-corrected chi connectivity index (χ0v) is 12.5. The van der Waals surface area contributed by atoms with Gasteiger partial charge >= 0.3 is 0 Å². The van der Waals surface area contributed by atoms with Gasteiger partial charge in [0.15, 0.2) is 0 Å². The van der Waals surface area contributed by atoms with E-state index in [1.807, 2.05) is 13.2 Å². The van der Waals surface area contributed by atoms with E-state index in [9.17, 15) is 0 Å². The number of nitrogens with one attached hydrogen (secondary N) is 1. The van der Waals surface area contributed by atoms with Crippen LogP contribution < -0.4 is 5.32 Å². The van der Waals surface area contributed by atoms with E-state index in [-0.39, 0.29) is 6.04 Å². The number of benzene rings is 1. The second-order valence-corrected chi connectivity index (χ2v) is 5.80. The number of nitrogens with zero attached hydrogens (tertiary/aromatic N) is 3. The van der Waals surface area contributed by atoms with Crippen LogP contribution in [0.5, 0.6) is 0 Å². The van der Waals surface area contributed by atoms with Crippen molar-refractivity contribution in [2.45, 2.75) is 19.4 Å². The minimum Gasteiger partial charge on any atom is -0.310 e. The van der Waals surface area contributed by atoms with Crippen LogP contribution in [0.3, 0.4) is 0 Å². The second kappa shape index (κ2) is 5.73. The fourth-order valence-corrected chi connectivity index (χ4v) is 3.52. The number of aryl methyl sites for hydroxylation is 1. The lowest BCUT2D eigenvalue weighted by atomic mass is 10.0. The molecule has 0 aliphatic carbocycles. The van der Waals surface area contributed by atoms with Crippen molar-refractivity contribution >= 4 is 21.4 Å². The van der Waals surface area contributed by atoms with Crippen LogP contribution in [-0.2, 0) is 13.5 Å². The van der Waals surface area contributed by atoms with Crippen LogP contribution in [-0.4, -0.2) is 21.5 Å². The fraction of sp³-hybridized carbons (Fsp3) is 0.333. The summed E-state index contributed by atoms with van der Waals surface area (Å²) in [5.74, 6) is 0. The molecule has 2 aromatic heterocycles.